The summed E-state index contributed by atoms with van der Waals surface area (Å²) in [6.07, 6.45) is 0. The molecule has 0 saturated heterocycles. The van der Waals surface area contributed by atoms with E-state index in [0.29, 0.717) is 0 Å². The number of rotatable bonds is 2. The molecule has 0 saturated carbocycles. The van der Waals surface area contributed by atoms with Crippen LogP contribution in [0.2, 0.25) is 19.6 Å². The van der Waals surface area contributed by atoms with Crippen LogP contribution < -0.4 is 0 Å². The van der Waals surface area contributed by atoms with Crippen molar-refractivity contribution in [1.82, 2.24) is 0 Å². The zero-order chi connectivity index (χ0) is 10.9. The highest BCUT2D eigenvalue weighted by Gasteiger charge is 2.21. The van der Waals surface area contributed by atoms with Crippen LogP contribution in [0.25, 0.3) is 5.20 Å². The van der Waals surface area contributed by atoms with Crippen LogP contribution in [0.4, 0.5) is 0 Å². The van der Waals surface area contributed by atoms with Gasteiger partial charge in [0, 0.05) is 0 Å². The van der Waals surface area contributed by atoms with Gasteiger partial charge in [-0.15, -0.1) is 0 Å². The third-order valence-electron chi connectivity index (χ3n) is 2.69. The average Bonchev–Trinajstić information content (AvgIpc) is 2.01. The Morgan fingerprint density at radius 2 is 1.50 bits per heavy atom. The number of aryl methyl sites for hydroxylation is 2. The first-order chi connectivity index (χ1) is 6.34. The van der Waals surface area contributed by atoms with Crippen LogP contribution >= 0.6 is 0 Å². The van der Waals surface area contributed by atoms with Crippen molar-refractivity contribution in [2.45, 2.75) is 33.5 Å². The maximum Gasteiger partial charge on any atom is 0.0776 e. The summed E-state index contributed by atoms with van der Waals surface area (Å²) >= 11 is 0. The molecule has 0 fully saturated rings. The van der Waals surface area contributed by atoms with E-state index in [1.165, 1.54) is 21.9 Å². The minimum absolute atomic E-state index is 1.26. The lowest BCUT2D eigenvalue weighted by Crippen LogP contribution is -2.23. The van der Waals surface area contributed by atoms with Crippen LogP contribution in [0, 0.1) is 13.8 Å². The van der Waals surface area contributed by atoms with E-state index in [0.717, 1.165) is 0 Å². The fourth-order valence-corrected chi connectivity index (χ4v) is 2.81. The lowest BCUT2D eigenvalue weighted by molar-refractivity contribution is 1.35. The predicted molar refractivity (Wildman–Crippen MR) is 68.3 cm³/mol. The van der Waals surface area contributed by atoms with Crippen molar-refractivity contribution in [2.24, 2.45) is 0 Å². The van der Waals surface area contributed by atoms with Gasteiger partial charge in [0.25, 0.3) is 0 Å². The standard InChI is InChI=1S/C13H20Si/c1-10-8-7-9-11(2)13(10)12(3)14(4,5)6/h7-9H,3H2,1-2,4-6H3. The number of hydrogen-bond acceptors (Lipinski definition) is 0. The Hall–Kier alpha value is -0.823. The minimum atomic E-state index is -1.26. The van der Waals surface area contributed by atoms with Crippen molar-refractivity contribution >= 4 is 13.3 Å². The van der Waals surface area contributed by atoms with E-state index in [1.807, 2.05) is 0 Å². The van der Waals surface area contributed by atoms with Gasteiger partial charge in [0.1, 0.15) is 0 Å². The lowest BCUT2D eigenvalue weighted by atomic mass is 10.0. The van der Waals surface area contributed by atoms with Gasteiger partial charge in [-0.1, -0.05) is 49.6 Å². The van der Waals surface area contributed by atoms with Crippen LogP contribution in [0.1, 0.15) is 16.7 Å². The smallest absolute Gasteiger partial charge is 0.0776 e. The molecule has 0 spiro atoms. The van der Waals surface area contributed by atoms with E-state index in [1.54, 1.807) is 0 Å². The van der Waals surface area contributed by atoms with Gasteiger partial charge >= 0.3 is 0 Å². The second-order valence-electron chi connectivity index (χ2n) is 5.00. The van der Waals surface area contributed by atoms with Gasteiger partial charge in [0.05, 0.1) is 8.07 Å². The highest BCUT2D eigenvalue weighted by atomic mass is 28.3. The van der Waals surface area contributed by atoms with Crippen LogP contribution in [0.15, 0.2) is 24.8 Å². The quantitative estimate of drug-likeness (QED) is 0.634. The van der Waals surface area contributed by atoms with Crippen LogP contribution in [0.5, 0.6) is 0 Å². The fraction of sp³-hybridized carbons (Fsp3) is 0.385. The first-order valence-electron chi connectivity index (χ1n) is 5.10. The largest absolute Gasteiger partial charge is 0.0992 e. The van der Waals surface area contributed by atoms with Gasteiger partial charge in [0.2, 0.25) is 0 Å². The normalized spacial score (nSPS) is 11.5. The summed E-state index contributed by atoms with van der Waals surface area (Å²) in [7, 11) is -1.26. The molecule has 0 aliphatic heterocycles. The third kappa shape index (κ3) is 2.15. The molecule has 0 aliphatic carbocycles. The summed E-state index contributed by atoms with van der Waals surface area (Å²) in [6, 6.07) is 6.47. The van der Waals surface area contributed by atoms with Crippen molar-refractivity contribution in [3.63, 3.8) is 0 Å². The molecular formula is C13H20Si. The first kappa shape index (κ1) is 11.3. The highest BCUT2D eigenvalue weighted by molar-refractivity contribution is 6.93. The molecule has 0 aromatic heterocycles. The Balaban J connectivity index is 3.26. The molecule has 0 heterocycles. The summed E-state index contributed by atoms with van der Waals surface area (Å²) in [5.41, 5.74) is 4.11. The molecule has 1 heteroatoms. The van der Waals surface area contributed by atoms with Gasteiger partial charge in [-0.25, -0.2) is 0 Å². The molecular weight excluding hydrogens is 184 g/mol. The first-order valence-corrected chi connectivity index (χ1v) is 8.60. The predicted octanol–water partition coefficient (Wildman–Crippen LogP) is 4.19. The van der Waals surface area contributed by atoms with Gasteiger partial charge in [-0.2, -0.15) is 0 Å². The van der Waals surface area contributed by atoms with Crippen LogP contribution in [-0.4, -0.2) is 8.07 Å². The second kappa shape index (κ2) is 3.74. The van der Waals surface area contributed by atoms with E-state index < -0.39 is 8.07 Å². The molecule has 0 N–H and O–H groups in total. The summed E-state index contributed by atoms with van der Waals surface area (Å²) in [4.78, 5) is 0. The van der Waals surface area contributed by atoms with E-state index >= 15 is 0 Å². The Morgan fingerprint density at radius 1 is 1.07 bits per heavy atom. The monoisotopic (exact) mass is 204 g/mol. The molecule has 1 aromatic carbocycles. The molecule has 1 rings (SSSR count). The Labute approximate surface area is 88.7 Å². The van der Waals surface area contributed by atoms with Crippen LogP contribution in [-0.2, 0) is 0 Å². The Bertz CT molecular complexity index is 336. The summed E-state index contributed by atoms with van der Waals surface area (Å²) in [5, 5.41) is 1.37. The molecule has 76 valence electrons. The summed E-state index contributed by atoms with van der Waals surface area (Å²) in [6.45, 7) is 15.7. The summed E-state index contributed by atoms with van der Waals surface area (Å²) < 4.78 is 0. The lowest BCUT2D eigenvalue weighted by Gasteiger charge is -2.23. The van der Waals surface area contributed by atoms with Gasteiger partial charge in [0.15, 0.2) is 0 Å². The molecule has 0 unspecified atom stereocenters. The molecule has 1 aromatic rings. The van der Waals surface area contributed by atoms with E-state index in [4.69, 9.17) is 0 Å². The van der Waals surface area contributed by atoms with E-state index in [-0.39, 0.29) is 0 Å². The third-order valence-corrected chi connectivity index (χ3v) is 4.75. The van der Waals surface area contributed by atoms with Crippen LogP contribution in [0.3, 0.4) is 0 Å². The Morgan fingerprint density at radius 3 is 1.86 bits per heavy atom. The number of hydrogen-bond donors (Lipinski definition) is 0. The highest BCUT2D eigenvalue weighted by Crippen LogP contribution is 2.28. The average molecular weight is 204 g/mol. The van der Waals surface area contributed by atoms with Gasteiger partial charge < -0.3 is 0 Å². The molecule has 0 bridgehead atoms. The summed E-state index contributed by atoms with van der Waals surface area (Å²) in [5.74, 6) is 0. The SMILES string of the molecule is C=C(c1c(C)cccc1C)[Si](C)(C)C. The van der Waals surface area contributed by atoms with E-state index in [9.17, 15) is 0 Å². The van der Waals surface area contributed by atoms with Crippen molar-refractivity contribution < 1.29 is 0 Å². The molecule has 0 amide bonds. The second-order valence-corrected chi connectivity index (χ2v) is 10.1. The Kier molecular flexibility index (Phi) is 3.00. The topological polar surface area (TPSA) is 0 Å². The zero-order valence-corrected chi connectivity index (χ0v) is 10.9. The zero-order valence-electron chi connectivity index (χ0n) is 9.94. The molecule has 0 radical (unpaired) electrons. The maximum absolute atomic E-state index is 4.28. The maximum atomic E-state index is 4.28. The van der Waals surface area contributed by atoms with Crippen molar-refractivity contribution in [3.05, 3.63) is 41.5 Å². The molecule has 14 heavy (non-hydrogen) atoms. The molecule has 0 nitrogen and oxygen atoms in total. The van der Waals surface area contributed by atoms with Crippen molar-refractivity contribution in [1.29, 1.82) is 0 Å². The van der Waals surface area contributed by atoms with Crippen molar-refractivity contribution in [2.75, 3.05) is 0 Å². The fourth-order valence-electron chi connectivity index (χ4n) is 1.67. The molecule has 0 aliphatic rings. The van der Waals surface area contributed by atoms with Gasteiger partial charge in [-0.05, 0) is 30.5 Å². The van der Waals surface area contributed by atoms with E-state index in [2.05, 4.69) is 58.3 Å². The number of benzene rings is 1. The van der Waals surface area contributed by atoms with Gasteiger partial charge in [-0.3, -0.25) is 0 Å². The molecule has 0 atom stereocenters. The van der Waals surface area contributed by atoms with Crippen molar-refractivity contribution in [3.8, 4) is 0 Å². The minimum Gasteiger partial charge on any atom is -0.0992 e.